The molecule has 1 unspecified atom stereocenters. The summed E-state index contributed by atoms with van der Waals surface area (Å²) in [5.74, 6) is 0. The van der Waals surface area contributed by atoms with E-state index in [0.717, 1.165) is 0 Å². The number of pyridine rings is 1. The third-order valence-corrected chi connectivity index (χ3v) is 2.47. The number of aromatic nitrogens is 1. The predicted octanol–water partition coefficient (Wildman–Crippen LogP) is 0.119. The highest BCUT2D eigenvalue weighted by atomic mass is 79.9. The number of hydrogen-bond donors (Lipinski definition) is 0. The Morgan fingerprint density at radius 3 is 2.29 bits per heavy atom. The van der Waals surface area contributed by atoms with Crippen molar-refractivity contribution in [2.45, 2.75) is 45.6 Å². The topological polar surface area (TPSA) is 3.88 Å². The number of hydrogen-bond acceptors (Lipinski definition) is 0. The summed E-state index contributed by atoms with van der Waals surface area (Å²) in [6.45, 7) is 4.54. The molecule has 80 valence electrons. The van der Waals surface area contributed by atoms with Gasteiger partial charge in [-0.25, -0.2) is 4.57 Å². The summed E-state index contributed by atoms with van der Waals surface area (Å²) in [5.41, 5.74) is 0. The second-order valence-electron chi connectivity index (χ2n) is 3.67. The zero-order chi connectivity index (χ0) is 9.52. The summed E-state index contributed by atoms with van der Waals surface area (Å²) in [6, 6.07) is 6.90. The van der Waals surface area contributed by atoms with Crippen LogP contribution >= 0.6 is 0 Å². The second-order valence-corrected chi connectivity index (χ2v) is 3.67. The van der Waals surface area contributed by atoms with Gasteiger partial charge in [0.1, 0.15) is 0 Å². The maximum atomic E-state index is 2.29. The lowest BCUT2D eigenvalue weighted by Gasteiger charge is -2.05. The number of halogens is 1. The minimum absolute atomic E-state index is 0. The highest BCUT2D eigenvalue weighted by molar-refractivity contribution is 4.83. The molecule has 0 spiro atoms. The van der Waals surface area contributed by atoms with Crippen LogP contribution in [-0.4, -0.2) is 0 Å². The molecular weight excluding hydrogens is 238 g/mol. The van der Waals surface area contributed by atoms with Crippen LogP contribution in [0.4, 0.5) is 0 Å². The van der Waals surface area contributed by atoms with Crippen molar-refractivity contribution in [2.24, 2.45) is 0 Å². The molecular formula is C12H20BrN. The van der Waals surface area contributed by atoms with E-state index in [1.807, 2.05) is 0 Å². The first kappa shape index (κ1) is 13.6. The Labute approximate surface area is 97.9 Å². The van der Waals surface area contributed by atoms with Crippen LogP contribution in [0.5, 0.6) is 0 Å². The summed E-state index contributed by atoms with van der Waals surface area (Å²) in [4.78, 5) is 0. The van der Waals surface area contributed by atoms with Crippen molar-refractivity contribution < 1.29 is 21.5 Å². The Bertz CT molecular complexity index is 223. The highest BCUT2D eigenvalue weighted by Gasteiger charge is 2.09. The maximum absolute atomic E-state index is 2.29. The Hall–Kier alpha value is -0.370. The first-order valence-corrected chi connectivity index (χ1v) is 5.30. The van der Waals surface area contributed by atoms with Crippen molar-refractivity contribution in [3.05, 3.63) is 30.6 Å². The summed E-state index contributed by atoms with van der Waals surface area (Å²) in [7, 11) is 0. The standard InChI is InChI=1S/C12H20N.BrH/c1-3-4-6-9-12(2)13-10-7-5-8-11-13;/h5,7-8,10-12H,3-4,6,9H2,1-2H3;1H/q+1;/p-1. The van der Waals surface area contributed by atoms with Crippen molar-refractivity contribution in [2.75, 3.05) is 0 Å². The van der Waals surface area contributed by atoms with E-state index in [0.29, 0.717) is 6.04 Å². The van der Waals surface area contributed by atoms with Crippen LogP contribution in [-0.2, 0) is 0 Å². The Balaban J connectivity index is 0.00000169. The first-order chi connectivity index (χ1) is 6.34. The molecule has 1 nitrogen and oxygen atoms in total. The van der Waals surface area contributed by atoms with Gasteiger partial charge >= 0.3 is 0 Å². The first-order valence-electron chi connectivity index (χ1n) is 5.30. The van der Waals surface area contributed by atoms with Gasteiger partial charge in [-0.05, 0) is 13.3 Å². The molecule has 0 aliphatic rings. The molecule has 1 heterocycles. The largest absolute Gasteiger partial charge is 1.00 e. The van der Waals surface area contributed by atoms with Gasteiger partial charge in [-0.1, -0.05) is 25.8 Å². The van der Waals surface area contributed by atoms with E-state index in [-0.39, 0.29) is 17.0 Å². The molecule has 1 aromatic rings. The summed E-state index contributed by atoms with van der Waals surface area (Å²) < 4.78 is 2.29. The molecule has 0 aliphatic carbocycles. The molecule has 0 radical (unpaired) electrons. The fraction of sp³-hybridized carbons (Fsp3) is 0.583. The van der Waals surface area contributed by atoms with Gasteiger partial charge in [0.2, 0.25) is 0 Å². The molecule has 0 N–H and O–H groups in total. The second kappa shape index (κ2) is 7.98. The fourth-order valence-corrected chi connectivity index (χ4v) is 1.54. The Morgan fingerprint density at radius 2 is 1.71 bits per heavy atom. The Kier molecular flexibility index (Phi) is 7.77. The average Bonchev–Trinajstić information content (AvgIpc) is 2.19. The molecule has 1 rings (SSSR count). The minimum Gasteiger partial charge on any atom is -1.00 e. The average molecular weight is 258 g/mol. The zero-order valence-corrected chi connectivity index (χ0v) is 10.7. The summed E-state index contributed by atoms with van der Waals surface area (Å²) in [5, 5.41) is 0. The van der Waals surface area contributed by atoms with Crippen molar-refractivity contribution in [3.8, 4) is 0 Å². The molecule has 14 heavy (non-hydrogen) atoms. The quantitative estimate of drug-likeness (QED) is 0.522. The lowest BCUT2D eigenvalue weighted by Crippen LogP contribution is -3.00. The molecule has 0 fully saturated rings. The molecule has 1 aromatic heterocycles. The van der Waals surface area contributed by atoms with E-state index in [9.17, 15) is 0 Å². The van der Waals surface area contributed by atoms with Gasteiger partial charge in [-0.2, -0.15) is 0 Å². The number of rotatable bonds is 5. The van der Waals surface area contributed by atoms with Gasteiger partial charge in [-0.15, -0.1) is 0 Å². The lowest BCUT2D eigenvalue weighted by atomic mass is 10.1. The third kappa shape index (κ3) is 4.75. The molecule has 0 saturated heterocycles. The van der Waals surface area contributed by atoms with Crippen LogP contribution in [0.2, 0.25) is 0 Å². The van der Waals surface area contributed by atoms with Crippen LogP contribution in [0.1, 0.15) is 45.6 Å². The maximum Gasteiger partial charge on any atom is 0.169 e. The van der Waals surface area contributed by atoms with Gasteiger partial charge in [0.05, 0.1) is 0 Å². The van der Waals surface area contributed by atoms with E-state index in [4.69, 9.17) is 0 Å². The van der Waals surface area contributed by atoms with Crippen LogP contribution in [0, 0.1) is 0 Å². The van der Waals surface area contributed by atoms with Crippen LogP contribution in [0.15, 0.2) is 30.6 Å². The monoisotopic (exact) mass is 257 g/mol. The minimum atomic E-state index is 0. The van der Waals surface area contributed by atoms with Gasteiger partial charge in [0.25, 0.3) is 0 Å². The van der Waals surface area contributed by atoms with E-state index < -0.39 is 0 Å². The zero-order valence-electron chi connectivity index (χ0n) is 9.12. The lowest BCUT2D eigenvalue weighted by molar-refractivity contribution is -0.720. The number of nitrogens with zero attached hydrogens (tertiary/aromatic N) is 1. The number of unbranched alkanes of at least 4 members (excludes halogenated alkanes) is 2. The van der Waals surface area contributed by atoms with E-state index in [1.54, 1.807) is 0 Å². The Morgan fingerprint density at radius 1 is 1.07 bits per heavy atom. The van der Waals surface area contributed by atoms with Crippen LogP contribution in [0.25, 0.3) is 0 Å². The van der Waals surface area contributed by atoms with Crippen molar-refractivity contribution in [1.29, 1.82) is 0 Å². The van der Waals surface area contributed by atoms with Crippen molar-refractivity contribution >= 4 is 0 Å². The van der Waals surface area contributed by atoms with Gasteiger partial charge in [-0.3, -0.25) is 0 Å². The summed E-state index contributed by atoms with van der Waals surface area (Å²) >= 11 is 0. The SMILES string of the molecule is CCCCCC(C)[n+]1ccccc1.[Br-]. The van der Waals surface area contributed by atoms with Crippen LogP contribution in [0.3, 0.4) is 0 Å². The van der Waals surface area contributed by atoms with E-state index >= 15 is 0 Å². The van der Waals surface area contributed by atoms with Gasteiger partial charge < -0.3 is 17.0 Å². The third-order valence-electron chi connectivity index (χ3n) is 2.47. The molecule has 0 aliphatic heterocycles. The fourth-order valence-electron chi connectivity index (χ4n) is 1.54. The predicted molar refractivity (Wildman–Crippen MR) is 55.5 cm³/mol. The van der Waals surface area contributed by atoms with Gasteiger partial charge in [0, 0.05) is 18.6 Å². The molecule has 1 atom stereocenters. The molecule has 0 saturated carbocycles. The highest BCUT2D eigenvalue weighted by Crippen LogP contribution is 2.08. The van der Waals surface area contributed by atoms with E-state index in [2.05, 4.69) is 49.0 Å². The smallest absolute Gasteiger partial charge is 0.169 e. The molecule has 0 amide bonds. The summed E-state index contributed by atoms with van der Waals surface area (Å²) in [6.07, 6.45) is 9.61. The normalized spacial score (nSPS) is 11.9. The van der Waals surface area contributed by atoms with Crippen LogP contribution < -0.4 is 21.5 Å². The van der Waals surface area contributed by atoms with Gasteiger partial charge in [0.15, 0.2) is 18.4 Å². The molecule has 0 aromatic carbocycles. The van der Waals surface area contributed by atoms with E-state index in [1.165, 1.54) is 25.7 Å². The molecule has 2 heteroatoms. The molecule has 0 bridgehead atoms. The van der Waals surface area contributed by atoms with Crippen molar-refractivity contribution in [1.82, 2.24) is 0 Å². The van der Waals surface area contributed by atoms with Crippen molar-refractivity contribution in [3.63, 3.8) is 0 Å².